The molecule has 0 bridgehead atoms. The van der Waals surface area contributed by atoms with Gasteiger partial charge in [0.2, 0.25) is 5.88 Å². The third-order valence-electron chi connectivity index (χ3n) is 1.96. The first-order valence-electron chi connectivity index (χ1n) is 5.31. The van der Waals surface area contributed by atoms with Crippen LogP contribution in [0, 0.1) is 0 Å². The zero-order valence-corrected chi connectivity index (χ0v) is 8.99. The first-order valence-corrected chi connectivity index (χ1v) is 5.31. The quantitative estimate of drug-likeness (QED) is 0.653. The zero-order chi connectivity index (χ0) is 10.2. The van der Waals surface area contributed by atoms with Crippen molar-refractivity contribution < 1.29 is 4.74 Å². The van der Waals surface area contributed by atoms with Crippen LogP contribution in [0.2, 0.25) is 0 Å². The molecule has 78 valence electrons. The number of hydrogen-bond acceptors (Lipinski definition) is 3. The van der Waals surface area contributed by atoms with Gasteiger partial charge in [-0.1, -0.05) is 26.7 Å². The third-order valence-corrected chi connectivity index (χ3v) is 1.96. The first kappa shape index (κ1) is 11.0. The number of aromatic nitrogens is 2. The molecule has 3 heteroatoms. The number of hydrogen-bond donors (Lipinski definition) is 0. The molecule has 1 aromatic rings. The van der Waals surface area contributed by atoms with Gasteiger partial charge in [0, 0.05) is 12.4 Å². The van der Waals surface area contributed by atoms with E-state index < -0.39 is 0 Å². The average molecular weight is 194 g/mol. The minimum Gasteiger partial charge on any atom is -0.476 e. The molecule has 0 radical (unpaired) electrons. The molecular formula is C11H18N2O. The summed E-state index contributed by atoms with van der Waals surface area (Å²) in [7, 11) is 0. The highest BCUT2D eigenvalue weighted by molar-refractivity contribution is 5.17. The van der Waals surface area contributed by atoms with Gasteiger partial charge in [0.05, 0.1) is 6.61 Å². The van der Waals surface area contributed by atoms with Crippen molar-refractivity contribution >= 4 is 0 Å². The molecule has 0 unspecified atom stereocenters. The van der Waals surface area contributed by atoms with Crippen LogP contribution < -0.4 is 4.74 Å². The number of rotatable bonds is 6. The summed E-state index contributed by atoms with van der Waals surface area (Å²) < 4.78 is 5.56. The molecule has 0 amide bonds. The molecule has 0 N–H and O–H groups in total. The average Bonchev–Trinajstić information content (AvgIpc) is 2.21. The van der Waals surface area contributed by atoms with E-state index in [9.17, 15) is 0 Å². The number of nitrogens with zero attached hydrogens (tertiary/aromatic N) is 2. The van der Waals surface area contributed by atoms with Crippen LogP contribution >= 0.6 is 0 Å². The highest BCUT2D eigenvalue weighted by Crippen LogP contribution is 2.13. The maximum absolute atomic E-state index is 5.56. The second-order valence-electron chi connectivity index (χ2n) is 3.26. The van der Waals surface area contributed by atoms with E-state index in [1.54, 1.807) is 12.4 Å². The Balaban J connectivity index is 2.55. The van der Waals surface area contributed by atoms with Crippen LogP contribution in [0.4, 0.5) is 0 Å². The molecular weight excluding hydrogens is 176 g/mol. The fourth-order valence-electron chi connectivity index (χ4n) is 1.20. The Morgan fingerprint density at radius 3 is 2.64 bits per heavy atom. The summed E-state index contributed by atoms with van der Waals surface area (Å²) in [5.74, 6) is 0.711. The van der Waals surface area contributed by atoms with E-state index in [0.717, 1.165) is 38.0 Å². The SMILES string of the molecule is CCCCOc1nccnc1CCC. The summed E-state index contributed by atoms with van der Waals surface area (Å²) in [4.78, 5) is 8.44. The van der Waals surface area contributed by atoms with E-state index in [2.05, 4.69) is 23.8 Å². The predicted octanol–water partition coefficient (Wildman–Crippen LogP) is 2.61. The van der Waals surface area contributed by atoms with E-state index in [4.69, 9.17) is 4.74 Å². The van der Waals surface area contributed by atoms with Crippen molar-refractivity contribution in [3.63, 3.8) is 0 Å². The second kappa shape index (κ2) is 6.35. The maximum Gasteiger partial charge on any atom is 0.235 e. The van der Waals surface area contributed by atoms with Gasteiger partial charge >= 0.3 is 0 Å². The Morgan fingerprint density at radius 2 is 1.93 bits per heavy atom. The zero-order valence-electron chi connectivity index (χ0n) is 8.99. The van der Waals surface area contributed by atoms with E-state index in [1.165, 1.54) is 0 Å². The van der Waals surface area contributed by atoms with E-state index in [0.29, 0.717) is 5.88 Å². The van der Waals surface area contributed by atoms with Crippen LogP contribution in [0.5, 0.6) is 5.88 Å². The lowest BCUT2D eigenvalue weighted by Gasteiger charge is -2.07. The molecule has 0 saturated heterocycles. The molecule has 1 heterocycles. The molecule has 0 aliphatic heterocycles. The van der Waals surface area contributed by atoms with Crippen LogP contribution in [0.1, 0.15) is 38.8 Å². The van der Waals surface area contributed by atoms with Gasteiger partial charge in [-0.15, -0.1) is 0 Å². The molecule has 0 atom stereocenters. The molecule has 0 saturated carbocycles. The largest absolute Gasteiger partial charge is 0.476 e. The predicted molar refractivity (Wildman–Crippen MR) is 56.4 cm³/mol. The van der Waals surface area contributed by atoms with Gasteiger partial charge in [-0.3, -0.25) is 4.98 Å². The van der Waals surface area contributed by atoms with Gasteiger partial charge < -0.3 is 4.74 Å². The van der Waals surface area contributed by atoms with Gasteiger partial charge in [-0.25, -0.2) is 4.98 Å². The highest BCUT2D eigenvalue weighted by Gasteiger charge is 2.04. The number of ether oxygens (including phenoxy) is 1. The molecule has 0 aliphatic carbocycles. The second-order valence-corrected chi connectivity index (χ2v) is 3.26. The molecule has 14 heavy (non-hydrogen) atoms. The van der Waals surface area contributed by atoms with E-state index >= 15 is 0 Å². The molecule has 0 fully saturated rings. The molecule has 3 nitrogen and oxygen atoms in total. The minimum atomic E-state index is 0.711. The fraction of sp³-hybridized carbons (Fsp3) is 0.636. The Morgan fingerprint density at radius 1 is 1.14 bits per heavy atom. The van der Waals surface area contributed by atoms with Gasteiger partial charge in [-0.05, 0) is 12.8 Å². The monoisotopic (exact) mass is 194 g/mol. The molecule has 0 aromatic carbocycles. The van der Waals surface area contributed by atoms with Crippen LogP contribution in [0.3, 0.4) is 0 Å². The minimum absolute atomic E-state index is 0.711. The number of unbranched alkanes of at least 4 members (excludes halogenated alkanes) is 1. The molecule has 1 aromatic heterocycles. The van der Waals surface area contributed by atoms with Crippen LogP contribution in [-0.4, -0.2) is 16.6 Å². The van der Waals surface area contributed by atoms with Crippen molar-refractivity contribution in [2.75, 3.05) is 6.61 Å². The maximum atomic E-state index is 5.56. The van der Waals surface area contributed by atoms with Gasteiger partial charge in [0.25, 0.3) is 0 Å². The van der Waals surface area contributed by atoms with Crippen LogP contribution in [-0.2, 0) is 6.42 Å². The van der Waals surface area contributed by atoms with E-state index in [1.807, 2.05) is 0 Å². The lowest BCUT2D eigenvalue weighted by molar-refractivity contribution is 0.292. The fourth-order valence-corrected chi connectivity index (χ4v) is 1.20. The van der Waals surface area contributed by atoms with Gasteiger partial charge in [0.1, 0.15) is 5.69 Å². The normalized spacial score (nSPS) is 10.1. The standard InChI is InChI=1S/C11H18N2O/c1-3-5-9-14-11-10(6-4-2)12-7-8-13-11/h7-8H,3-6,9H2,1-2H3. The summed E-state index contributed by atoms with van der Waals surface area (Å²) in [6, 6.07) is 0. The van der Waals surface area contributed by atoms with Gasteiger partial charge in [0.15, 0.2) is 0 Å². The summed E-state index contributed by atoms with van der Waals surface area (Å²) in [6.45, 7) is 5.02. The first-order chi connectivity index (χ1) is 6.88. The summed E-state index contributed by atoms with van der Waals surface area (Å²) in [6.07, 6.45) is 7.63. The van der Waals surface area contributed by atoms with Crippen molar-refractivity contribution in [3.05, 3.63) is 18.1 Å². The Labute approximate surface area is 85.5 Å². The van der Waals surface area contributed by atoms with Crippen LogP contribution in [0.25, 0.3) is 0 Å². The molecule has 1 rings (SSSR count). The third kappa shape index (κ3) is 3.32. The Bertz CT molecular complexity index is 263. The van der Waals surface area contributed by atoms with Crippen molar-refractivity contribution in [1.29, 1.82) is 0 Å². The lowest BCUT2D eigenvalue weighted by Crippen LogP contribution is -2.03. The summed E-state index contributed by atoms with van der Waals surface area (Å²) in [5.41, 5.74) is 0.978. The Kier molecular flexibility index (Phi) is 4.97. The lowest BCUT2D eigenvalue weighted by atomic mass is 10.2. The van der Waals surface area contributed by atoms with Crippen molar-refractivity contribution in [3.8, 4) is 5.88 Å². The summed E-state index contributed by atoms with van der Waals surface area (Å²) >= 11 is 0. The van der Waals surface area contributed by atoms with Crippen molar-refractivity contribution in [1.82, 2.24) is 9.97 Å². The van der Waals surface area contributed by atoms with E-state index in [-0.39, 0.29) is 0 Å². The Hall–Kier alpha value is -1.12. The molecule has 0 spiro atoms. The topological polar surface area (TPSA) is 35.0 Å². The summed E-state index contributed by atoms with van der Waals surface area (Å²) in [5, 5.41) is 0. The van der Waals surface area contributed by atoms with Crippen LogP contribution in [0.15, 0.2) is 12.4 Å². The number of aryl methyl sites for hydroxylation is 1. The van der Waals surface area contributed by atoms with Crippen molar-refractivity contribution in [2.45, 2.75) is 39.5 Å². The smallest absolute Gasteiger partial charge is 0.235 e. The highest BCUT2D eigenvalue weighted by atomic mass is 16.5. The van der Waals surface area contributed by atoms with Crippen molar-refractivity contribution in [2.24, 2.45) is 0 Å². The molecule has 0 aliphatic rings. The van der Waals surface area contributed by atoms with Gasteiger partial charge in [-0.2, -0.15) is 0 Å².